The molecular formula is C12H13N5O2. The molecule has 0 fully saturated rings. The first-order chi connectivity index (χ1) is 9.25. The number of aromatic nitrogens is 4. The summed E-state index contributed by atoms with van der Waals surface area (Å²) in [5, 5.41) is 18.3. The van der Waals surface area contributed by atoms with Crippen LogP contribution in [0.5, 0.6) is 0 Å². The van der Waals surface area contributed by atoms with Gasteiger partial charge >= 0.3 is 0 Å². The summed E-state index contributed by atoms with van der Waals surface area (Å²) in [4.78, 5) is 17.1. The lowest BCUT2D eigenvalue weighted by molar-refractivity contribution is -0.384. The molecule has 0 radical (unpaired) electrons. The zero-order chi connectivity index (χ0) is 13.8. The van der Waals surface area contributed by atoms with E-state index in [0.717, 1.165) is 5.39 Å². The Bertz CT molecular complexity index is 701. The largest absolute Gasteiger partial charge is 0.354 e. The molecule has 0 aliphatic heterocycles. The van der Waals surface area contributed by atoms with E-state index >= 15 is 0 Å². The van der Waals surface area contributed by atoms with Crippen LogP contribution >= 0.6 is 0 Å². The Morgan fingerprint density at radius 3 is 2.84 bits per heavy atom. The van der Waals surface area contributed by atoms with Gasteiger partial charge in [-0.15, -0.1) is 0 Å². The fourth-order valence-electron chi connectivity index (χ4n) is 1.69. The van der Waals surface area contributed by atoms with Gasteiger partial charge in [-0.05, 0) is 12.1 Å². The van der Waals surface area contributed by atoms with Gasteiger partial charge in [0.2, 0.25) is 0 Å². The number of pyridine rings is 1. The minimum absolute atomic E-state index is 0.0200. The van der Waals surface area contributed by atoms with Crippen molar-refractivity contribution in [3.8, 4) is 11.4 Å². The Hall–Kier alpha value is -2.70. The van der Waals surface area contributed by atoms with Gasteiger partial charge in [0.1, 0.15) is 0 Å². The summed E-state index contributed by atoms with van der Waals surface area (Å²) in [6, 6.07) is 5.10. The van der Waals surface area contributed by atoms with E-state index in [4.69, 9.17) is 0 Å². The van der Waals surface area contributed by atoms with Crippen LogP contribution in [0.4, 0.5) is 5.69 Å². The van der Waals surface area contributed by atoms with Crippen LogP contribution in [0.25, 0.3) is 22.4 Å². The zero-order valence-electron chi connectivity index (χ0n) is 10.5. The molecule has 0 saturated carbocycles. The molecule has 3 aromatic heterocycles. The van der Waals surface area contributed by atoms with Gasteiger partial charge in [-0.1, -0.05) is 13.8 Å². The van der Waals surface area contributed by atoms with Gasteiger partial charge in [-0.25, -0.2) is 4.98 Å². The third-order valence-corrected chi connectivity index (χ3v) is 2.48. The first-order valence-electron chi connectivity index (χ1n) is 5.88. The number of H-pyrrole nitrogens is 2. The molecule has 0 amide bonds. The molecule has 0 aliphatic carbocycles. The maximum Gasteiger partial charge on any atom is 0.287 e. The smallest absolute Gasteiger partial charge is 0.287 e. The number of nitrogens with one attached hydrogen (secondary N) is 2. The van der Waals surface area contributed by atoms with E-state index in [2.05, 4.69) is 20.2 Å². The average Bonchev–Trinajstić information content (AvgIpc) is 3.07. The molecule has 0 saturated heterocycles. The van der Waals surface area contributed by atoms with E-state index < -0.39 is 4.92 Å². The van der Waals surface area contributed by atoms with Crippen LogP contribution < -0.4 is 0 Å². The van der Waals surface area contributed by atoms with Crippen LogP contribution in [0.2, 0.25) is 0 Å². The van der Waals surface area contributed by atoms with Crippen LogP contribution in [0, 0.1) is 10.1 Å². The predicted octanol–water partition coefficient (Wildman–Crippen LogP) is 2.89. The van der Waals surface area contributed by atoms with Crippen LogP contribution in [0.15, 0.2) is 30.6 Å². The highest BCUT2D eigenvalue weighted by molar-refractivity contribution is 5.89. The zero-order valence-corrected chi connectivity index (χ0v) is 10.5. The molecule has 0 bridgehead atoms. The van der Waals surface area contributed by atoms with Crippen LogP contribution in [-0.2, 0) is 0 Å². The number of aromatic amines is 2. The van der Waals surface area contributed by atoms with Crippen LogP contribution in [0.1, 0.15) is 13.8 Å². The molecule has 0 aromatic carbocycles. The molecule has 0 unspecified atom stereocenters. The van der Waals surface area contributed by atoms with E-state index in [1.54, 1.807) is 12.3 Å². The van der Waals surface area contributed by atoms with Crippen molar-refractivity contribution >= 4 is 16.7 Å². The maximum absolute atomic E-state index is 10.6. The van der Waals surface area contributed by atoms with Gasteiger partial charge in [0.15, 0.2) is 5.65 Å². The van der Waals surface area contributed by atoms with Crippen molar-refractivity contribution in [3.63, 3.8) is 0 Å². The summed E-state index contributed by atoms with van der Waals surface area (Å²) >= 11 is 0. The van der Waals surface area contributed by atoms with E-state index in [-0.39, 0.29) is 5.69 Å². The number of rotatable bonds is 2. The summed E-state index contributed by atoms with van der Waals surface area (Å²) in [5.74, 6) is 0. The Balaban J connectivity index is 0.000000637. The highest BCUT2D eigenvalue weighted by Crippen LogP contribution is 2.26. The van der Waals surface area contributed by atoms with Gasteiger partial charge in [0.05, 0.1) is 22.5 Å². The minimum Gasteiger partial charge on any atom is -0.354 e. The quantitative estimate of drug-likeness (QED) is 0.545. The summed E-state index contributed by atoms with van der Waals surface area (Å²) in [6.07, 6.45) is 2.99. The van der Waals surface area contributed by atoms with Gasteiger partial charge < -0.3 is 4.98 Å². The van der Waals surface area contributed by atoms with Crippen molar-refractivity contribution in [1.82, 2.24) is 20.2 Å². The number of fused-ring (bicyclic) bond motifs is 1. The molecule has 98 valence electrons. The van der Waals surface area contributed by atoms with Gasteiger partial charge in [0.25, 0.3) is 5.69 Å². The summed E-state index contributed by atoms with van der Waals surface area (Å²) in [5.41, 5.74) is 1.92. The van der Waals surface area contributed by atoms with Crippen molar-refractivity contribution in [2.45, 2.75) is 13.8 Å². The molecule has 2 N–H and O–H groups in total. The average molecular weight is 259 g/mol. The Morgan fingerprint density at radius 1 is 1.37 bits per heavy atom. The van der Waals surface area contributed by atoms with Crippen molar-refractivity contribution in [1.29, 1.82) is 0 Å². The van der Waals surface area contributed by atoms with E-state index in [0.29, 0.717) is 17.0 Å². The molecule has 7 nitrogen and oxygen atoms in total. The van der Waals surface area contributed by atoms with E-state index in [1.807, 2.05) is 19.9 Å². The maximum atomic E-state index is 10.6. The third-order valence-electron chi connectivity index (χ3n) is 2.48. The lowest BCUT2D eigenvalue weighted by Crippen LogP contribution is -1.82. The van der Waals surface area contributed by atoms with Crippen molar-refractivity contribution < 1.29 is 4.92 Å². The molecule has 7 heteroatoms. The molecule has 0 aliphatic rings. The second kappa shape index (κ2) is 5.30. The number of hydrogen-bond acceptors (Lipinski definition) is 4. The predicted molar refractivity (Wildman–Crippen MR) is 71.7 cm³/mol. The van der Waals surface area contributed by atoms with Gasteiger partial charge in [-0.2, -0.15) is 5.10 Å². The topological polar surface area (TPSA) is 100 Å². The van der Waals surface area contributed by atoms with Crippen LogP contribution in [0.3, 0.4) is 0 Å². The SMILES string of the molecule is CC.O=[N+]([O-])c1c[nH]c(-c2[nH]nc3ncccc23)c1. The lowest BCUT2D eigenvalue weighted by atomic mass is 10.2. The van der Waals surface area contributed by atoms with Crippen molar-refractivity contribution in [2.75, 3.05) is 0 Å². The molecule has 0 spiro atoms. The van der Waals surface area contributed by atoms with Gasteiger partial charge in [0, 0.05) is 17.6 Å². The van der Waals surface area contributed by atoms with Crippen LogP contribution in [-0.4, -0.2) is 25.1 Å². The second-order valence-corrected chi connectivity index (χ2v) is 3.50. The Kier molecular flexibility index (Phi) is 3.56. The van der Waals surface area contributed by atoms with Crippen molar-refractivity contribution in [2.24, 2.45) is 0 Å². The molecule has 0 atom stereocenters. The highest BCUT2D eigenvalue weighted by Gasteiger charge is 2.14. The Morgan fingerprint density at radius 2 is 2.16 bits per heavy atom. The summed E-state index contributed by atoms with van der Waals surface area (Å²) in [7, 11) is 0. The van der Waals surface area contributed by atoms with Crippen molar-refractivity contribution in [3.05, 3.63) is 40.7 Å². The monoisotopic (exact) mass is 259 g/mol. The molecular weight excluding hydrogens is 246 g/mol. The van der Waals surface area contributed by atoms with E-state index in [9.17, 15) is 10.1 Å². The normalized spacial score (nSPS) is 10.0. The fourth-order valence-corrected chi connectivity index (χ4v) is 1.69. The highest BCUT2D eigenvalue weighted by atomic mass is 16.6. The number of nitrogens with zero attached hydrogens (tertiary/aromatic N) is 3. The third kappa shape index (κ3) is 2.30. The fraction of sp³-hybridized carbons (Fsp3) is 0.167. The molecule has 3 rings (SSSR count). The summed E-state index contributed by atoms with van der Waals surface area (Å²) < 4.78 is 0. The minimum atomic E-state index is -0.448. The first kappa shape index (κ1) is 12.7. The Labute approximate surface area is 108 Å². The number of nitro groups is 1. The summed E-state index contributed by atoms with van der Waals surface area (Å²) in [6.45, 7) is 4.00. The van der Waals surface area contributed by atoms with E-state index in [1.165, 1.54) is 12.3 Å². The molecule has 19 heavy (non-hydrogen) atoms. The number of hydrogen-bond donors (Lipinski definition) is 2. The second-order valence-electron chi connectivity index (χ2n) is 3.50. The van der Waals surface area contributed by atoms with Gasteiger partial charge in [-0.3, -0.25) is 15.2 Å². The molecule has 3 aromatic rings. The lowest BCUT2D eigenvalue weighted by Gasteiger charge is -1.92. The first-order valence-corrected chi connectivity index (χ1v) is 5.88. The standard InChI is InChI=1S/C10H7N5O2.C2H6/c16-15(17)6-4-8(12-5-6)9-7-2-1-3-11-10(7)14-13-9;1-2/h1-5,12H,(H,11,13,14);1-2H3. The molecule has 3 heterocycles.